The second-order valence-electron chi connectivity index (χ2n) is 4.46. The fourth-order valence-electron chi connectivity index (χ4n) is 2.01. The number of aliphatic hydroxyl groups excluding tert-OH is 1. The predicted molar refractivity (Wildman–Crippen MR) is 75.7 cm³/mol. The van der Waals surface area contributed by atoms with Gasteiger partial charge in [-0.25, -0.2) is 9.48 Å². The van der Waals surface area contributed by atoms with Crippen molar-refractivity contribution >= 4 is 17.6 Å². The minimum atomic E-state index is -1.07. The second-order valence-corrected chi connectivity index (χ2v) is 4.87. The van der Waals surface area contributed by atoms with Gasteiger partial charge < -0.3 is 10.2 Å². The summed E-state index contributed by atoms with van der Waals surface area (Å²) in [7, 11) is 0. The van der Waals surface area contributed by atoms with E-state index in [0.717, 1.165) is 11.3 Å². The Balaban J connectivity index is 2.47. The van der Waals surface area contributed by atoms with Crippen LogP contribution in [0.5, 0.6) is 0 Å². The van der Waals surface area contributed by atoms with Crippen molar-refractivity contribution in [3.63, 3.8) is 0 Å². The van der Waals surface area contributed by atoms with Crippen molar-refractivity contribution in [3.8, 4) is 5.69 Å². The van der Waals surface area contributed by atoms with Gasteiger partial charge >= 0.3 is 5.97 Å². The molecule has 0 unspecified atom stereocenters. The highest BCUT2D eigenvalue weighted by atomic mass is 35.5. The van der Waals surface area contributed by atoms with E-state index in [9.17, 15) is 9.90 Å². The standard InChI is InChI=1S/C14H15ClN2O3/c1-9-11(15)5-2-6-12(9)17-8-10(4-3-7-18)13(16-17)14(19)20/h2,5-6,8,18H,3-4,7H2,1H3,(H,19,20). The third-order valence-corrected chi connectivity index (χ3v) is 3.49. The molecule has 0 aliphatic rings. The molecular formula is C14H15ClN2O3. The molecule has 1 heterocycles. The molecule has 0 fully saturated rings. The number of aliphatic hydroxyl groups is 1. The Labute approximate surface area is 121 Å². The van der Waals surface area contributed by atoms with Crippen molar-refractivity contribution in [2.45, 2.75) is 19.8 Å². The van der Waals surface area contributed by atoms with E-state index in [4.69, 9.17) is 16.7 Å². The van der Waals surface area contributed by atoms with E-state index in [1.54, 1.807) is 18.3 Å². The van der Waals surface area contributed by atoms with Gasteiger partial charge in [-0.15, -0.1) is 0 Å². The Hall–Kier alpha value is -1.85. The maximum atomic E-state index is 11.2. The van der Waals surface area contributed by atoms with Gasteiger partial charge in [0.25, 0.3) is 0 Å². The van der Waals surface area contributed by atoms with Gasteiger partial charge in [-0.2, -0.15) is 5.10 Å². The number of aromatic carboxylic acids is 1. The molecule has 5 nitrogen and oxygen atoms in total. The molecule has 0 amide bonds. The SMILES string of the molecule is Cc1c(Cl)cccc1-n1cc(CCCO)c(C(=O)O)n1. The van der Waals surface area contributed by atoms with Crippen molar-refractivity contribution in [2.24, 2.45) is 0 Å². The van der Waals surface area contributed by atoms with E-state index in [0.29, 0.717) is 23.4 Å². The lowest BCUT2D eigenvalue weighted by Crippen LogP contribution is -2.04. The number of halogens is 1. The van der Waals surface area contributed by atoms with Crippen LogP contribution in [0.4, 0.5) is 0 Å². The van der Waals surface area contributed by atoms with E-state index in [2.05, 4.69) is 5.10 Å². The fraction of sp³-hybridized carbons (Fsp3) is 0.286. The Bertz CT molecular complexity index is 637. The first kappa shape index (κ1) is 14.6. The number of hydrogen-bond acceptors (Lipinski definition) is 3. The summed E-state index contributed by atoms with van der Waals surface area (Å²) < 4.78 is 1.53. The van der Waals surface area contributed by atoms with E-state index < -0.39 is 5.97 Å². The normalized spacial score (nSPS) is 10.8. The number of carboxylic acids is 1. The van der Waals surface area contributed by atoms with E-state index in [-0.39, 0.29) is 12.3 Å². The zero-order valence-corrected chi connectivity index (χ0v) is 11.8. The number of hydrogen-bond donors (Lipinski definition) is 2. The third-order valence-electron chi connectivity index (χ3n) is 3.08. The van der Waals surface area contributed by atoms with Gasteiger partial charge in [0.1, 0.15) is 0 Å². The number of carboxylic acid groups (broad SMARTS) is 1. The minimum Gasteiger partial charge on any atom is -0.476 e. The van der Waals surface area contributed by atoms with Gasteiger partial charge in [-0.3, -0.25) is 0 Å². The van der Waals surface area contributed by atoms with Crippen molar-refractivity contribution in [1.29, 1.82) is 0 Å². The van der Waals surface area contributed by atoms with Gasteiger partial charge in [0.05, 0.1) is 5.69 Å². The summed E-state index contributed by atoms with van der Waals surface area (Å²) in [5.41, 5.74) is 2.20. The fourth-order valence-corrected chi connectivity index (χ4v) is 2.18. The summed E-state index contributed by atoms with van der Waals surface area (Å²) in [6.45, 7) is 1.87. The van der Waals surface area contributed by atoms with Gasteiger partial charge in [-0.1, -0.05) is 17.7 Å². The van der Waals surface area contributed by atoms with Gasteiger partial charge in [0.2, 0.25) is 0 Å². The highest BCUT2D eigenvalue weighted by Gasteiger charge is 2.17. The van der Waals surface area contributed by atoms with Gasteiger partial charge in [0.15, 0.2) is 5.69 Å². The highest BCUT2D eigenvalue weighted by Crippen LogP contribution is 2.23. The first-order chi connectivity index (χ1) is 9.54. The average Bonchev–Trinajstić information content (AvgIpc) is 2.83. The molecule has 0 aliphatic carbocycles. The average molecular weight is 295 g/mol. The zero-order valence-electron chi connectivity index (χ0n) is 11.0. The minimum absolute atomic E-state index is 0.0119. The molecular weight excluding hydrogens is 280 g/mol. The monoisotopic (exact) mass is 294 g/mol. The van der Waals surface area contributed by atoms with Crippen LogP contribution in [0.1, 0.15) is 28.0 Å². The smallest absolute Gasteiger partial charge is 0.356 e. The van der Waals surface area contributed by atoms with E-state index in [1.165, 1.54) is 4.68 Å². The quantitative estimate of drug-likeness (QED) is 0.888. The molecule has 0 saturated heterocycles. The number of benzene rings is 1. The number of aromatic nitrogens is 2. The van der Waals surface area contributed by atoms with Crippen LogP contribution in [0.2, 0.25) is 5.02 Å². The van der Waals surface area contributed by atoms with E-state index >= 15 is 0 Å². The molecule has 0 spiro atoms. The molecule has 2 aromatic rings. The highest BCUT2D eigenvalue weighted by molar-refractivity contribution is 6.31. The van der Waals surface area contributed by atoms with Crippen LogP contribution in [0.3, 0.4) is 0 Å². The lowest BCUT2D eigenvalue weighted by atomic mass is 10.1. The van der Waals surface area contributed by atoms with Crippen molar-refractivity contribution in [3.05, 3.63) is 46.2 Å². The van der Waals surface area contributed by atoms with Crippen LogP contribution in [0.25, 0.3) is 5.69 Å². The number of carbonyl (C=O) groups is 1. The molecule has 0 bridgehead atoms. The maximum Gasteiger partial charge on any atom is 0.356 e. The lowest BCUT2D eigenvalue weighted by molar-refractivity contribution is 0.0688. The maximum absolute atomic E-state index is 11.2. The Morgan fingerprint density at radius 1 is 1.45 bits per heavy atom. The second kappa shape index (κ2) is 6.07. The summed E-state index contributed by atoms with van der Waals surface area (Å²) in [5.74, 6) is -1.07. The predicted octanol–water partition coefficient (Wildman–Crippen LogP) is 2.46. The molecule has 2 N–H and O–H groups in total. The Morgan fingerprint density at radius 3 is 2.85 bits per heavy atom. The van der Waals surface area contributed by atoms with Crippen molar-refractivity contribution in [1.82, 2.24) is 9.78 Å². The molecule has 0 radical (unpaired) electrons. The molecule has 1 aromatic heterocycles. The summed E-state index contributed by atoms with van der Waals surface area (Å²) in [5, 5.41) is 22.8. The molecule has 20 heavy (non-hydrogen) atoms. The third kappa shape index (κ3) is 2.84. The van der Waals surface area contributed by atoms with Gasteiger partial charge in [-0.05, 0) is 37.5 Å². The summed E-state index contributed by atoms with van der Waals surface area (Å²) in [4.78, 5) is 11.2. The van der Waals surface area contributed by atoms with Crippen molar-refractivity contribution in [2.75, 3.05) is 6.61 Å². The Morgan fingerprint density at radius 2 is 2.20 bits per heavy atom. The first-order valence-corrected chi connectivity index (χ1v) is 6.60. The number of nitrogens with zero attached hydrogens (tertiary/aromatic N) is 2. The molecule has 2 rings (SSSR count). The molecule has 6 heteroatoms. The van der Waals surface area contributed by atoms with Crippen molar-refractivity contribution < 1.29 is 15.0 Å². The van der Waals surface area contributed by atoms with Crippen LogP contribution in [0, 0.1) is 6.92 Å². The first-order valence-electron chi connectivity index (χ1n) is 6.22. The van der Waals surface area contributed by atoms with E-state index in [1.807, 2.05) is 13.0 Å². The molecule has 0 atom stereocenters. The van der Waals surface area contributed by atoms with Crippen LogP contribution < -0.4 is 0 Å². The van der Waals surface area contributed by atoms with Crippen LogP contribution >= 0.6 is 11.6 Å². The lowest BCUT2D eigenvalue weighted by Gasteiger charge is -2.06. The summed E-state index contributed by atoms with van der Waals surface area (Å²) in [6.07, 6.45) is 2.65. The van der Waals surface area contributed by atoms with Crippen LogP contribution in [0.15, 0.2) is 24.4 Å². The van der Waals surface area contributed by atoms with Gasteiger partial charge in [0, 0.05) is 23.4 Å². The number of aryl methyl sites for hydroxylation is 1. The molecule has 1 aromatic carbocycles. The largest absolute Gasteiger partial charge is 0.476 e. The number of rotatable bonds is 5. The molecule has 0 aliphatic heterocycles. The molecule has 106 valence electrons. The van der Waals surface area contributed by atoms with Crippen LogP contribution in [-0.4, -0.2) is 32.6 Å². The van der Waals surface area contributed by atoms with Crippen LogP contribution in [-0.2, 0) is 6.42 Å². The Kier molecular flexibility index (Phi) is 4.42. The summed E-state index contributed by atoms with van der Waals surface area (Å²) in [6, 6.07) is 5.39. The molecule has 0 saturated carbocycles. The summed E-state index contributed by atoms with van der Waals surface area (Å²) >= 11 is 6.07. The zero-order chi connectivity index (χ0) is 14.7. The topological polar surface area (TPSA) is 75.4 Å².